The molecule has 0 saturated carbocycles. The molecule has 0 bridgehead atoms. The van der Waals surface area contributed by atoms with Crippen LogP contribution in [0.15, 0.2) is 41.1 Å². The summed E-state index contributed by atoms with van der Waals surface area (Å²) in [6, 6.07) is 7.82. The van der Waals surface area contributed by atoms with Crippen LogP contribution < -0.4 is 0 Å². The summed E-state index contributed by atoms with van der Waals surface area (Å²) in [7, 11) is 0. The molecular formula is C11H6BrClN4. The molecule has 3 aromatic rings. The summed E-state index contributed by atoms with van der Waals surface area (Å²) in [5.41, 5.74) is 1.58. The predicted octanol–water partition coefficient (Wildman–Crippen LogP) is 3.21. The number of rotatable bonds is 1. The third-order valence-electron chi connectivity index (χ3n) is 2.36. The van der Waals surface area contributed by atoms with Gasteiger partial charge in [0.2, 0.25) is 0 Å². The van der Waals surface area contributed by atoms with E-state index in [2.05, 4.69) is 31.1 Å². The maximum atomic E-state index is 6.10. The van der Waals surface area contributed by atoms with Crippen molar-refractivity contribution in [3.63, 3.8) is 0 Å². The van der Waals surface area contributed by atoms with Gasteiger partial charge in [-0.3, -0.25) is 9.38 Å². The second-order valence-electron chi connectivity index (χ2n) is 3.46. The first kappa shape index (κ1) is 10.7. The molecule has 0 saturated heterocycles. The zero-order valence-corrected chi connectivity index (χ0v) is 10.9. The van der Waals surface area contributed by atoms with Crippen molar-refractivity contribution in [2.45, 2.75) is 0 Å². The highest BCUT2D eigenvalue weighted by molar-refractivity contribution is 9.10. The third kappa shape index (κ3) is 1.81. The highest BCUT2D eigenvalue weighted by Crippen LogP contribution is 2.24. The lowest BCUT2D eigenvalue weighted by molar-refractivity contribution is 1.11. The number of benzene rings is 1. The van der Waals surface area contributed by atoms with Crippen LogP contribution in [0.2, 0.25) is 5.15 Å². The van der Waals surface area contributed by atoms with E-state index < -0.39 is 0 Å². The van der Waals surface area contributed by atoms with Crippen LogP contribution in [0, 0.1) is 0 Å². The predicted molar refractivity (Wildman–Crippen MR) is 68.9 cm³/mol. The minimum atomic E-state index is 0.488. The monoisotopic (exact) mass is 308 g/mol. The van der Waals surface area contributed by atoms with Gasteiger partial charge in [0.05, 0.1) is 12.4 Å². The van der Waals surface area contributed by atoms with Crippen molar-refractivity contribution in [3.05, 3.63) is 46.3 Å². The molecule has 17 heavy (non-hydrogen) atoms. The molecular weight excluding hydrogens is 304 g/mol. The molecule has 0 amide bonds. The lowest BCUT2D eigenvalue weighted by Crippen LogP contribution is -1.92. The largest absolute Gasteiger partial charge is 0.262 e. The Bertz CT molecular complexity index is 695. The molecule has 2 aromatic heterocycles. The summed E-state index contributed by atoms with van der Waals surface area (Å²) >= 11 is 9.53. The molecule has 84 valence electrons. The van der Waals surface area contributed by atoms with Crippen molar-refractivity contribution in [2.24, 2.45) is 0 Å². The molecule has 3 rings (SSSR count). The van der Waals surface area contributed by atoms with Gasteiger partial charge in [-0.2, -0.15) is 0 Å². The number of hydrogen-bond acceptors (Lipinski definition) is 3. The molecule has 4 nitrogen and oxygen atoms in total. The van der Waals surface area contributed by atoms with Crippen LogP contribution in [0.3, 0.4) is 0 Å². The molecule has 0 aliphatic rings. The number of halogens is 2. The molecule has 2 heterocycles. The van der Waals surface area contributed by atoms with E-state index >= 15 is 0 Å². The van der Waals surface area contributed by atoms with E-state index in [0.717, 1.165) is 10.0 Å². The summed E-state index contributed by atoms with van der Waals surface area (Å²) in [6.07, 6.45) is 3.19. The maximum absolute atomic E-state index is 6.10. The second-order valence-corrected chi connectivity index (χ2v) is 4.76. The molecule has 0 N–H and O–H groups in total. The quantitative estimate of drug-likeness (QED) is 0.693. The Labute approximate surface area is 110 Å². The number of fused-ring (bicyclic) bond motifs is 1. The highest BCUT2D eigenvalue weighted by Gasteiger charge is 2.10. The zero-order chi connectivity index (χ0) is 11.8. The third-order valence-corrected chi connectivity index (χ3v) is 3.12. The van der Waals surface area contributed by atoms with E-state index in [1.54, 1.807) is 16.8 Å². The van der Waals surface area contributed by atoms with Crippen LogP contribution in [-0.4, -0.2) is 19.6 Å². The first-order chi connectivity index (χ1) is 8.25. The summed E-state index contributed by atoms with van der Waals surface area (Å²) in [6.45, 7) is 0. The molecule has 0 aliphatic heterocycles. The van der Waals surface area contributed by atoms with Gasteiger partial charge >= 0.3 is 0 Å². The Hall–Kier alpha value is -1.46. The van der Waals surface area contributed by atoms with E-state index in [1.165, 1.54) is 0 Å². The summed E-state index contributed by atoms with van der Waals surface area (Å²) in [5.74, 6) is 0.703. The smallest absolute Gasteiger partial charge is 0.180 e. The van der Waals surface area contributed by atoms with E-state index in [1.807, 2.05) is 24.3 Å². The van der Waals surface area contributed by atoms with Gasteiger partial charge in [-0.25, -0.2) is 0 Å². The maximum Gasteiger partial charge on any atom is 0.180 e. The highest BCUT2D eigenvalue weighted by atomic mass is 79.9. The Morgan fingerprint density at radius 1 is 1.18 bits per heavy atom. The van der Waals surface area contributed by atoms with Crippen molar-refractivity contribution >= 4 is 33.2 Å². The number of nitrogens with zero attached hydrogens (tertiary/aromatic N) is 4. The Balaban J connectivity index is 2.31. The number of hydrogen-bond donors (Lipinski definition) is 0. The SMILES string of the molecule is Clc1cncc2nnc(-c3cccc(Br)c3)n12. The van der Waals surface area contributed by atoms with Gasteiger partial charge in [-0.15, -0.1) is 10.2 Å². The molecule has 6 heteroatoms. The molecule has 1 aromatic carbocycles. The topological polar surface area (TPSA) is 43.1 Å². The summed E-state index contributed by atoms with van der Waals surface area (Å²) in [4.78, 5) is 3.97. The normalized spacial score (nSPS) is 10.9. The van der Waals surface area contributed by atoms with Crippen molar-refractivity contribution in [3.8, 4) is 11.4 Å². The molecule has 0 radical (unpaired) electrons. The first-order valence-electron chi connectivity index (χ1n) is 4.86. The second kappa shape index (κ2) is 4.09. The molecule has 0 unspecified atom stereocenters. The minimum absolute atomic E-state index is 0.488. The molecule has 0 fully saturated rings. The van der Waals surface area contributed by atoms with Gasteiger partial charge in [0.25, 0.3) is 0 Å². The zero-order valence-electron chi connectivity index (χ0n) is 8.51. The van der Waals surface area contributed by atoms with E-state index in [0.29, 0.717) is 16.6 Å². The Morgan fingerprint density at radius 3 is 2.88 bits per heavy atom. The van der Waals surface area contributed by atoms with Gasteiger partial charge in [0.15, 0.2) is 11.5 Å². The minimum Gasteiger partial charge on any atom is -0.262 e. The lowest BCUT2D eigenvalue weighted by Gasteiger charge is -2.01. The fourth-order valence-electron chi connectivity index (χ4n) is 1.63. The Kier molecular flexibility index (Phi) is 2.57. The average Bonchev–Trinajstić information content (AvgIpc) is 2.74. The van der Waals surface area contributed by atoms with E-state index in [9.17, 15) is 0 Å². The van der Waals surface area contributed by atoms with Gasteiger partial charge in [0.1, 0.15) is 5.15 Å². The fourth-order valence-corrected chi connectivity index (χ4v) is 2.25. The lowest BCUT2D eigenvalue weighted by atomic mass is 10.2. The van der Waals surface area contributed by atoms with Gasteiger partial charge in [-0.05, 0) is 12.1 Å². The first-order valence-corrected chi connectivity index (χ1v) is 6.03. The Morgan fingerprint density at radius 2 is 2.06 bits per heavy atom. The van der Waals surface area contributed by atoms with Crippen molar-refractivity contribution in [2.75, 3.05) is 0 Å². The average molecular weight is 310 g/mol. The van der Waals surface area contributed by atoms with Crippen LogP contribution in [0.4, 0.5) is 0 Å². The van der Waals surface area contributed by atoms with Crippen LogP contribution in [-0.2, 0) is 0 Å². The van der Waals surface area contributed by atoms with Crippen LogP contribution in [0.1, 0.15) is 0 Å². The fraction of sp³-hybridized carbons (Fsp3) is 0. The number of aromatic nitrogens is 4. The molecule has 0 atom stereocenters. The van der Waals surface area contributed by atoms with Gasteiger partial charge < -0.3 is 0 Å². The standard InChI is InChI=1S/C11H6BrClN4/c12-8-3-1-2-7(4-8)11-16-15-10-6-14-5-9(13)17(10)11/h1-6H. The van der Waals surface area contributed by atoms with Crippen LogP contribution in [0.25, 0.3) is 17.0 Å². The molecule has 0 aliphatic carbocycles. The van der Waals surface area contributed by atoms with Gasteiger partial charge in [0, 0.05) is 10.0 Å². The van der Waals surface area contributed by atoms with Crippen molar-refractivity contribution in [1.29, 1.82) is 0 Å². The van der Waals surface area contributed by atoms with Crippen LogP contribution in [0.5, 0.6) is 0 Å². The molecule has 0 spiro atoms. The van der Waals surface area contributed by atoms with Crippen molar-refractivity contribution < 1.29 is 0 Å². The van der Waals surface area contributed by atoms with E-state index in [-0.39, 0.29) is 0 Å². The summed E-state index contributed by atoms with van der Waals surface area (Å²) < 4.78 is 2.74. The van der Waals surface area contributed by atoms with Gasteiger partial charge in [-0.1, -0.05) is 39.7 Å². The van der Waals surface area contributed by atoms with E-state index in [4.69, 9.17) is 11.6 Å². The summed E-state index contributed by atoms with van der Waals surface area (Å²) in [5, 5.41) is 8.66. The van der Waals surface area contributed by atoms with Crippen molar-refractivity contribution in [1.82, 2.24) is 19.6 Å². The van der Waals surface area contributed by atoms with Crippen LogP contribution >= 0.6 is 27.5 Å².